The summed E-state index contributed by atoms with van der Waals surface area (Å²) in [4.78, 5) is 17.2. The molecule has 2 heterocycles. The minimum atomic E-state index is -3.59. The van der Waals surface area contributed by atoms with Crippen LogP contribution in [-0.2, 0) is 14.6 Å². The highest BCUT2D eigenvalue weighted by Gasteiger charge is 2.48. The van der Waals surface area contributed by atoms with Crippen molar-refractivity contribution in [2.45, 2.75) is 61.9 Å². The van der Waals surface area contributed by atoms with Gasteiger partial charge in [-0.3, -0.25) is 9.69 Å². The number of rotatable bonds is 4. The number of amides is 1. The van der Waals surface area contributed by atoms with Crippen molar-refractivity contribution in [3.8, 4) is 0 Å². The van der Waals surface area contributed by atoms with Gasteiger partial charge in [-0.1, -0.05) is 12.8 Å². The number of likely N-dealkylation sites (tertiary alicyclic amines) is 2. The molecule has 2 fully saturated rings. The minimum Gasteiger partial charge on any atom is -0.338 e. The van der Waals surface area contributed by atoms with E-state index in [1.54, 1.807) is 0 Å². The van der Waals surface area contributed by atoms with Crippen LogP contribution in [-0.4, -0.2) is 61.6 Å². The van der Waals surface area contributed by atoms with Crippen LogP contribution in [0.3, 0.4) is 0 Å². The molecule has 0 unspecified atom stereocenters. The molecule has 2 aliphatic rings. The third-order valence-corrected chi connectivity index (χ3v) is 8.11. The molecule has 5 nitrogen and oxygen atoms in total. The Morgan fingerprint density at radius 2 is 1.89 bits per heavy atom. The molecule has 0 N–H and O–H groups in total. The lowest BCUT2D eigenvalue weighted by Gasteiger charge is -2.43. The molecular formula is C20H29FN2O3S. The Morgan fingerprint density at radius 1 is 1.19 bits per heavy atom. The largest absolute Gasteiger partial charge is 0.338 e. The molecule has 7 heteroatoms. The predicted molar refractivity (Wildman–Crippen MR) is 103 cm³/mol. The van der Waals surface area contributed by atoms with Crippen LogP contribution >= 0.6 is 0 Å². The van der Waals surface area contributed by atoms with Crippen molar-refractivity contribution in [3.05, 3.63) is 30.1 Å². The molecule has 1 amide bonds. The van der Waals surface area contributed by atoms with E-state index in [0.717, 1.165) is 44.4 Å². The van der Waals surface area contributed by atoms with Gasteiger partial charge in [-0.05, 0) is 64.0 Å². The number of carbonyl (C=O) groups excluding carboxylic acids is 1. The average molecular weight is 397 g/mol. The van der Waals surface area contributed by atoms with Crippen molar-refractivity contribution in [3.63, 3.8) is 0 Å². The van der Waals surface area contributed by atoms with Crippen molar-refractivity contribution < 1.29 is 17.6 Å². The van der Waals surface area contributed by atoms with Gasteiger partial charge in [0.2, 0.25) is 5.91 Å². The first-order chi connectivity index (χ1) is 12.7. The summed E-state index contributed by atoms with van der Waals surface area (Å²) >= 11 is 0. The lowest BCUT2D eigenvalue weighted by Crippen LogP contribution is -2.55. The summed E-state index contributed by atoms with van der Waals surface area (Å²) in [6.45, 7) is 3.94. The van der Waals surface area contributed by atoms with Gasteiger partial charge < -0.3 is 4.90 Å². The Labute approximate surface area is 161 Å². The van der Waals surface area contributed by atoms with Crippen molar-refractivity contribution in [1.29, 1.82) is 0 Å². The molecule has 0 bridgehead atoms. The van der Waals surface area contributed by atoms with Crippen LogP contribution in [0, 0.1) is 5.82 Å². The number of hydrogen-bond acceptors (Lipinski definition) is 4. The highest BCUT2D eigenvalue weighted by Crippen LogP contribution is 2.38. The molecule has 150 valence electrons. The molecule has 1 aromatic carbocycles. The second-order valence-electron chi connectivity index (χ2n) is 8.00. The molecule has 3 rings (SSSR count). The fourth-order valence-electron chi connectivity index (χ4n) is 4.46. The van der Waals surface area contributed by atoms with E-state index in [1.165, 1.54) is 18.6 Å². The lowest BCUT2D eigenvalue weighted by atomic mass is 9.85. The summed E-state index contributed by atoms with van der Waals surface area (Å²) in [6, 6.07) is 4.91. The van der Waals surface area contributed by atoms with Crippen molar-refractivity contribution in [2.75, 3.05) is 25.9 Å². The fraction of sp³-hybridized carbons (Fsp3) is 0.650. The Bertz CT molecular complexity index is 781. The van der Waals surface area contributed by atoms with E-state index in [1.807, 2.05) is 4.90 Å². The van der Waals surface area contributed by atoms with Gasteiger partial charge >= 0.3 is 0 Å². The Balaban J connectivity index is 1.68. The van der Waals surface area contributed by atoms with E-state index in [9.17, 15) is 17.6 Å². The van der Waals surface area contributed by atoms with Crippen LogP contribution in [0.25, 0.3) is 0 Å². The van der Waals surface area contributed by atoms with Crippen LogP contribution in [0.2, 0.25) is 0 Å². The Morgan fingerprint density at radius 3 is 2.59 bits per heavy atom. The van der Waals surface area contributed by atoms with Crippen LogP contribution in [0.5, 0.6) is 0 Å². The van der Waals surface area contributed by atoms with Gasteiger partial charge in [0.15, 0.2) is 9.84 Å². The van der Waals surface area contributed by atoms with Gasteiger partial charge in [-0.25, -0.2) is 12.8 Å². The summed E-state index contributed by atoms with van der Waals surface area (Å²) in [7, 11) is -1.46. The summed E-state index contributed by atoms with van der Waals surface area (Å²) in [6.07, 6.45) is 5.31. The van der Waals surface area contributed by atoms with Gasteiger partial charge in [0.1, 0.15) is 5.82 Å². The third-order valence-electron chi connectivity index (χ3n) is 6.37. The topological polar surface area (TPSA) is 57.7 Å². The smallest absolute Gasteiger partial charge is 0.223 e. The van der Waals surface area contributed by atoms with Crippen molar-refractivity contribution >= 4 is 15.7 Å². The Kier molecular flexibility index (Phi) is 5.91. The summed E-state index contributed by atoms with van der Waals surface area (Å²) in [5.41, 5.74) is -0.0358. The number of halogens is 1. The summed E-state index contributed by atoms with van der Waals surface area (Å²) in [5, 5.41) is 0. The number of fused-ring (bicyclic) bond motifs is 1. The second kappa shape index (κ2) is 7.87. The molecule has 0 aliphatic carbocycles. The highest BCUT2D eigenvalue weighted by atomic mass is 32.2. The minimum absolute atomic E-state index is 0.0317. The first kappa shape index (κ1) is 20.3. The third kappa shape index (κ3) is 4.19. The van der Waals surface area contributed by atoms with Crippen LogP contribution in [0.4, 0.5) is 4.39 Å². The molecule has 2 atom stereocenters. The van der Waals surface area contributed by atoms with E-state index in [2.05, 4.69) is 18.9 Å². The van der Waals surface area contributed by atoms with Crippen molar-refractivity contribution in [1.82, 2.24) is 9.80 Å². The molecule has 27 heavy (non-hydrogen) atoms. The summed E-state index contributed by atoms with van der Waals surface area (Å²) < 4.78 is 37.9. The molecule has 0 radical (unpaired) electrons. The van der Waals surface area contributed by atoms with Gasteiger partial charge in [0.05, 0.1) is 10.6 Å². The molecule has 0 saturated carbocycles. The quantitative estimate of drug-likeness (QED) is 0.735. The highest BCUT2D eigenvalue weighted by molar-refractivity contribution is 7.91. The standard InChI is InChI=1S/C20H29FN2O3S/c1-20-12-14-23(18(20)6-4-3-5-13-22(20)2)19(24)11-15-27(25,26)17-9-7-16(21)8-10-17/h7-10,18H,3-6,11-15H2,1-2H3/t18-,20-/m0/s1. The lowest BCUT2D eigenvalue weighted by molar-refractivity contribution is -0.133. The summed E-state index contributed by atoms with van der Waals surface area (Å²) in [5.74, 6) is -0.814. The number of sulfone groups is 1. The second-order valence-corrected chi connectivity index (χ2v) is 10.1. The number of benzene rings is 1. The monoisotopic (exact) mass is 396 g/mol. The van der Waals surface area contributed by atoms with Gasteiger partial charge in [0.25, 0.3) is 0 Å². The number of carbonyl (C=O) groups is 1. The first-order valence-electron chi connectivity index (χ1n) is 9.73. The SMILES string of the molecule is CN1CCCCC[C@@H]2N(C(=O)CCS(=O)(=O)c3ccc(F)cc3)CC[C@@]21C. The molecular weight excluding hydrogens is 367 g/mol. The fourth-order valence-corrected chi connectivity index (χ4v) is 5.69. The van der Waals surface area contributed by atoms with Crippen LogP contribution in [0.1, 0.15) is 45.4 Å². The normalized spacial score (nSPS) is 27.1. The van der Waals surface area contributed by atoms with E-state index in [-0.39, 0.29) is 34.6 Å². The van der Waals surface area contributed by atoms with E-state index in [4.69, 9.17) is 0 Å². The van der Waals surface area contributed by atoms with Gasteiger partial charge in [-0.15, -0.1) is 0 Å². The van der Waals surface area contributed by atoms with Gasteiger partial charge in [-0.2, -0.15) is 0 Å². The number of hydrogen-bond donors (Lipinski definition) is 0. The number of likely N-dealkylation sites (N-methyl/N-ethyl adjacent to an activating group) is 1. The van der Waals surface area contributed by atoms with Crippen molar-refractivity contribution in [2.24, 2.45) is 0 Å². The van der Waals surface area contributed by atoms with Gasteiger partial charge in [0, 0.05) is 24.5 Å². The zero-order chi connectivity index (χ0) is 19.7. The maximum Gasteiger partial charge on any atom is 0.223 e. The maximum absolute atomic E-state index is 13.0. The zero-order valence-electron chi connectivity index (χ0n) is 16.2. The molecule has 2 saturated heterocycles. The Hall–Kier alpha value is -1.47. The average Bonchev–Trinajstić information content (AvgIpc) is 2.96. The molecule has 2 aliphatic heterocycles. The van der Waals surface area contributed by atoms with Crippen LogP contribution in [0.15, 0.2) is 29.2 Å². The molecule has 0 spiro atoms. The predicted octanol–water partition coefficient (Wildman–Crippen LogP) is 2.85. The first-order valence-corrected chi connectivity index (χ1v) is 11.4. The molecule has 0 aromatic heterocycles. The van der Waals surface area contributed by atoms with E-state index in [0.29, 0.717) is 6.54 Å². The van der Waals surface area contributed by atoms with Crippen LogP contribution < -0.4 is 0 Å². The molecule has 1 aromatic rings. The van der Waals surface area contributed by atoms with E-state index < -0.39 is 15.7 Å². The zero-order valence-corrected chi connectivity index (χ0v) is 17.0. The van der Waals surface area contributed by atoms with E-state index >= 15 is 0 Å². The number of nitrogens with zero attached hydrogens (tertiary/aromatic N) is 2. The maximum atomic E-state index is 13.0.